The van der Waals surface area contributed by atoms with Crippen molar-refractivity contribution in [3.63, 3.8) is 0 Å². The summed E-state index contributed by atoms with van der Waals surface area (Å²) in [6.45, 7) is -2.02. The summed E-state index contributed by atoms with van der Waals surface area (Å²) in [6, 6.07) is 8.17. The average molecular weight is 1030 g/mol. The molecule has 2 aromatic rings. The van der Waals surface area contributed by atoms with Crippen LogP contribution in [0, 0.1) is 28.6 Å². The van der Waals surface area contributed by atoms with Crippen molar-refractivity contribution in [2.75, 3.05) is 26.4 Å². The van der Waals surface area contributed by atoms with Crippen molar-refractivity contribution in [3.8, 4) is 17.2 Å². The van der Waals surface area contributed by atoms with Gasteiger partial charge in [0.2, 0.25) is 12.6 Å². The Kier molecular flexibility index (Phi) is 17.7. The number of esters is 2. The summed E-state index contributed by atoms with van der Waals surface area (Å²) >= 11 is 0. The summed E-state index contributed by atoms with van der Waals surface area (Å²) in [4.78, 5) is 53.9. The molecule has 400 valence electrons. The van der Waals surface area contributed by atoms with Crippen LogP contribution in [-0.2, 0) is 47.6 Å². The van der Waals surface area contributed by atoms with E-state index in [2.05, 4.69) is 0 Å². The molecule has 73 heavy (non-hydrogen) atoms. The van der Waals surface area contributed by atoms with Gasteiger partial charge in [0.15, 0.2) is 11.5 Å². The number of benzene rings is 2. The Hall–Kier alpha value is -5.54. The maximum Gasteiger partial charge on any atom is 0.334 e. The largest absolute Gasteiger partial charge is 0.508 e. The molecule has 0 aromatic heterocycles. The number of ether oxygens (including phenoxy) is 6. The molecule has 3 aliphatic carbocycles. The average Bonchev–Trinajstić information content (AvgIpc) is 3.39. The Morgan fingerprint density at radius 2 is 1.14 bits per heavy atom. The van der Waals surface area contributed by atoms with E-state index in [9.17, 15) is 85.6 Å². The molecule has 4 fully saturated rings. The van der Waals surface area contributed by atoms with Gasteiger partial charge in [0, 0.05) is 11.5 Å². The van der Waals surface area contributed by atoms with Crippen molar-refractivity contribution in [2.24, 2.45) is 28.6 Å². The second-order valence-electron chi connectivity index (χ2n) is 19.4. The summed E-state index contributed by atoms with van der Waals surface area (Å²) in [7, 11) is 0. The molecule has 0 bridgehead atoms. The second kappa shape index (κ2) is 23.3. The zero-order valence-corrected chi connectivity index (χ0v) is 39.2. The van der Waals surface area contributed by atoms with Crippen LogP contribution >= 0.6 is 0 Å². The molecule has 2 saturated carbocycles. The molecule has 0 spiro atoms. The lowest BCUT2D eigenvalue weighted by Gasteiger charge is -2.40. The first-order valence-corrected chi connectivity index (χ1v) is 23.8. The lowest BCUT2D eigenvalue weighted by molar-refractivity contribution is -0.288. The van der Waals surface area contributed by atoms with Crippen LogP contribution in [0.15, 0.2) is 66.6 Å². The Bertz CT molecular complexity index is 2350. The minimum atomic E-state index is -1.73. The van der Waals surface area contributed by atoms with Crippen molar-refractivity contribution in [1.82, 2.24) is 0 Å². The molecule has 18 atom stereocenters. The zero-order chi connectivity index (χ0) is 52.9. The first-order valence-electron chi connectivity index (χ1n) is 23.8. The Balaban J connectivity index is 1.04. The zero-order valence-electron chi connectivity index (χ0n) is 39.2. The number of aliphatic hydroxyl groups excluding tert-OH is 10. The number of phenolic OH excluding ortho intramolecular Hbond substituents is 3. The first kappa shape index (κ1) is 55.2. The predicted octanol–water partition coefficient (Wildman–Crippen LogP) is -1.61. The fourth-order valence-corrected chi connectivity index (χ4v) is 10.2. The molecule has 0 radical (unpaired) electrons. The van der Waals surface area contributed by atoms with Crippen LogP contribution in [0.5, 0.6) is 17.2 Å². The van der Waals surface area contributed by atoms with Gasteiger partial charge >= 0.3 is 11.9 Å². The smallest absolute Gasteiger partial charge is 0.334 e. The third-order valence-electron chi connectivity index (χ3n) is 14.8. The van der Waals surface area contributed by atoms with Gasteiger partial charge in [0.05, 0.1) is 67.6 Å². The summed E-state index contributed by atoms with van der Waals surface area (Å²) in [6.07, 6.45) is -11.2. The van der Waals surface area contributed by atoms with Crippen LogP contribution < -0.4 is 0 Å². The molecular weight excluding hydrogens is 969 g/mol. The molecule has 2 heterocycles. The fraction of sp³-hybridized carbons (Fsp3) is 0.560. The fourth-order valence-electron chi connectivity index (χ4n) is 10.2. The molecule has 2 saturated heterocycles. The molecule has 7 rings (SSSR count). The highest BCUT2D eigenvalue weighted by molar-refractivity contribution is 6.02. The molecule has 2 aromatic carbocycles. The number of hydrogen-bond acceptors (Lipinski definition) is 23. The van der Waals surface area contributed by atoms with Gasteiger partial charge in [-0.25, -0.2) is 4.79 Å². The third-order valence-corrected chi connectivity index (χ3v) is 14.8. The number of fused-ring (bicyclic) bond motifs is 1. The van der Waals surface area contributed by atoms with E-state index in [1.54, 1.807) is 0 Å². The summed E-state index contributed by atoms with van der Waals surface area (Å²) in [5.41, 5.74) is -2.65. The minimum Gasteiger partial charge on any atom is -0.508 e. The summed E-state index contributed by atoms with van der Waals surface area (Å²) in [5.74, 6) is -7.08. The second-order valence-corrected chi connectivity index (χ2v) is 19.4. The molecule has 0 unspecified atom stereocenters. The van der Waals surface area contributed by atoms with E-state index in [0.717, 1.165) is 12.5 Å². The van der Waals surface area contributed by atoms with Crippen molar-refractivity contribution >= 4 is 30.6 Å². The molecule has 13 N–H and O–H groups in total. The van der Waals surface area contributed by atoms with E-state index in [1.165, 1.54) is 54.6 Å². The predicted molar refractivity (Wildman–Crippen MR) is 245 cm³/mol. The monoisotopic (exact) mass is 1030 g/mol. The van der Waals surface area contributed by atoms with Gasteiger partial charge in [-0.1, -0.05) is 18.2 Å². The minimum absolute atomic E-state index is 0.0159. The Morgan fingerprint density at radius 1 is 0.644 bits per heavy atom. The highest BCUT2D eigenvalue weighted by Gasteiger charge is 2.49. The van der Waals surface area contributed by atoms with Gasteiger partial charge in [-0.15, -0.1) is 0 Å². The summed E-state index contributed by atoms with van der Waals surface area (Å²) in [5, 5.41) is 135. The van der Waals surface area contributed by atoms with E-state index >= 15 is 0 Å². The number of phenols is 3. The molecule has 23 nitrogen and oxygen atoms in total. The first-order chi connectivity index (χ1) is 34.8. The van der Waals surface area contributed by atoms with Gasteiger partial charge in [0.1, 0.15) is 73.1 Å². The highest BCUT2D eigenvalue weighted by atomic mass is 16.7. The van der Waals surface area contributed by atoms with Gasteiger partial charge in [0.25, 0.3) is 0 Å². The summed E-state index contributed by atoms with van der Waals surface area (Å²) < 4.78 is 33.2. The van der Waals surface area contributed by atoms with Crippen LogP contribution in [0.2, 0.25) is 0 Å². The normalized spacial score (nSPS) is 37.7. The van der Waals surface area contributed by atoms with Gasteiger partial charge in [-0.05, 0) is 97.9 Å². The van der Waals surface area contributed by atoms with Crippen LogP contribution in [0.3, 0.4) is 0 Å². The van der Waals surface area contributed by atoms with Crippen molar-refractivity contribution in [2.45, 2.75) is 118 Å². The van der Waals surface area contributed by atoms with Crippen LogP contribution in [0.25, 0.3) is 6.08 Å². The van der Waals surface area contributed by atoms with Crippen molar-refractivity contribution < 1.29 is 114 Å². The number of carbonyl (C=O) groups is 4. The molecule has 2 aliphatic heterocycles. The maximum absolute atomic E-state index is 14.6. The SMILES string of the molecule is O=C[C@]1(C=CO[C@@H]2O[C@H](CO)[C@@H](O)[C@H](O)[C@H]2O)CC[C@H](COC(=O)C2=Cc3ccc(O)c(O)c3[C@@H](c3ccc(O)cc3)[C@@H]2C(=O)OC[C@H]2CC[C@](C=O)(C=CO[C@@H]3O[C@H](CO)[C@@H](O)[C@H](O)[C@H]3O)[C@@H](O)C2)C[C@@H]1O. The third kappa shape index (κ3) is 11.4. The molecule has 5 aliphatic rings. The molecule has 0 amide bonds. The van der Waals surface area contributed by atoms with Crippen LogP contribution in [-0.4, -0.2) is 191 Å². The van der Waals surface area contributed by atoms with E-state index < -0.39 is 145 Å². The number of aromatic hydroxyl groups is 3. The number of aldehydes is 2. The van der Waals surface area contributed by atoms with Crippen LogP contribution in [0.1, 0.15) is 61.1 Å². The lowest BCUT2D eigenvalue weighted by atomic mass is 9.69. The number of carbonyl (C=O) groups excluding carboxylic acids is 4. The van der Waals surface area contributed by atoms with Gasteiger partial charge in [-0.3, -0.25) is 4.79 Å². The van der Waals surface area contributed by atoms with Gasteiger partial charge in [-0.2, -0.15) is 0 Å². The number of hydrogen-bond donors (Lipinski definition) is 13. The van der Waals surface area contributed by atoms with Crippen molar-refractivity contribution in [3.05, 3.63) is 83.3 Å². The standard InChI is InChI=1S/C50H62O23/c51-18-31-39(60)41(62)43(64)47(72-31)68-13-11-49(22-53)9-7-24(15-33(49)57)20-70-45(66)29-17-27-3-6-30(56)38(59)36(27)35(26-1-4-28(55)5-2-26)37(29)46(67)71-21-25-8-10-50(23-54,34(58)16-25)12-14-69-48-44(65)42(63)40(61)32(19-52)73-48/h1-6,11-14,17,22-25,31-35,37,39-44,47-48,51-52,55-65H,7-10,15-16,18-21H2/t24-,25-,31+,32+,33-,34-,35+,37+,39+,40+,41-,42-,43+,44+,47+,48+,49+,50+/m0/s1. The topological polar surface area (TPSA) is 387 Å². The van der Waals surface area contributed by atoms with E-state index in [1.807, 2.05) is 0 Å². The molecule has 23 heteroatoms. The van der Waals surface area contributed by atoms with E-state index in [-0.39, 0.29) is 74.2 Å². The number of aliphatic hydroxyl groups is 10. The quantitative estimate of drug-likeness (QED) is 0.0367. The van der Waals surface area contributed by atoms with E-state index in [0.29, 0.717) is 18.1 Å². The van der Waals surface area contributed by atoms with Crippen molar-refractivity contribution in [1.29, 1.82) is 0 Å². The lowest BCUT2D eigenvalue weighted by Crippen LogP contribution is -2.58. The van der Waals surface area contributed by atoms with Gasteiger partial charge < -0.3 is 104 Å². The Labute approximate surface area is 417 Å². The van der Waals surface area contributed by atoms with E-state index in [4.69, 9.17) is 28.4 Å². The van der Waals surface area contributed by atoms with Crippen LogP contribution in [0.4, 0.5) is 0 Å². The maximum atomic E-state index is 14.6. The molecular formula is C50H62O23. The highest BCUT2D eigenvalue weighted by Crippen LogP contribution is 2.50. The number of rotatable bonds is 17. The Morgan fingerprint density at radius 3 is 1.60 bits per heavy atom.